The second-order valence-electron chi connectivity index (χ2n) is 7.57. The Hall–Kier alpha value is -1.90. The van der Waals surface area contributed by atoms with E-state index >= 15 is 0 Å². The van der Waals surface area contributed by atoms with Crippen LogP contribution in [0, 0.1) is 16.7 Å². The average Bonchev–Trinajstić information content (AvgIpc) is 2.56. The van der Waals surface area contributed by atoms with Gasteiger partial charge >= 0.3 is 5.97 Å². The smallest absolute Gasteiger partial charge is 0.330 e. The molecular formula is C19H27N3O2. The lowest BCUT2D eigenvalue weighted by Crippen LogP contribution is -2.44. The number of hydroxylamine groups is 2. The number of rotatable bonds is 4. The fraction of sp³-hybridized carbons (Fsp3) is 0.579. The van der Waals surface area contributed by atoms with Gasteiger partial charge in [0.1, 0.15) is 0 Å². The first-order valence-electron chi connectivity index (χ1n) is 8.44. The first-order chi connectivity index (χ1) is 11.3. The van der Waals surface area contributed by atoms with E-state index in [-0.39, 0.29) is 11.4 Å². The van der Waals surface area contributed by atoms with E-state index in [0.29, 0.717) is 26.1 Å². The summed E-state index contributed by atoms with van der Waals surface area (Å²) in [6, 6.07) is 10.6. The van der Waals surface area contributed by atoms with E-state index in [1.807, 2.05) is 32.9 Å². The third kappa shape index (κ3) is 4.14. The van der Waals surface area contributed by atoms with Crippen molar-refractivity contribution in [3.63, 3.8) is 0 Å². The minimum atomic E-state index is -0.515. The topological polar surface area (TPSA) is 79.3 Å². The highest BCUT2D eigenvalue weighted by atomic mass is 16.7. The van der Waals surface area contributed by atoms with Crippen molar-refractivity contribution in [2.45, 2.75) is 52.0 Å². The Morgan fingerprint density at radius 1 is 1.29 bits per heavy atom. The van der Waals surface area contributed by atoms with Crippen molar-refractivity contribution >= 4 is 5.97 Å². The van der Waals surface area contributed by atoms with Crippen LogP contribution in [-0.2, 0) is 21.6 Å². The van der Waals surface area contributed by atoms with E-state index in [1.165, 1.54) is 5.56 Å². The number of benzene rings is 1. The van der Waals surface area contributed by atoms with Crippen LogP contribution in [-0.4, -0.2) is 24.1 Å². The van der Waals surface area contributed by atoms with Crippen LogP contribution in [0.2, 0.25) is 0 Å². The number of nitrogens with two attached hydrogens (primary N) is 1. The van der Waals surface area contributed by atoms with Crippen LogP contribution < -0.4 is 5.73 Å². The van der Waals surface area contributed by atoms with Gasteiger partial charge < -0.3 is 10.6 Å². The molecule has 2 rings (SSSR count). The Labute approximate surface area is 144 Å². The minimum Gasteiger partial charge on any atom is -0.367 e. The Bertz CT molecular complexity index is 603. The van der Waals surface area contributed by atoms with Gasteiger partial charge in [-0.25, -0.2) is 4.79 Å². The Balaban J connectivity index is 2.08. The molecule has 1 saturated heterocycles. The lowest BCUT2D eigenvalue weighted by Gasteiger charge is -2.40. The second kappa shape index (κ2) is 7.33. The summed E-state index contributed by atoms with van der Waals surface area (Å²) in [6.07, 6.45) is 2.05. The maximum Gasteiger partial charge on any atom is 0.330 e. The number of carbonyl (C=O) groups is 1. The van der Waals surface area contributed by atoms with Gasteiger partial charge in [0.25, 0.3) is 0 Å². The predicted molar refractivity (Wildman–Crippen MR) is 92.6 cm³/mol. The number of carbonyl (C=O) groups excluding carboxylic acids is 1. The third-order valence-corrected chi connectivity index (χ3v) is 4.72. The molecule has 0 unspecified atom stereocenters. The van der Waals surface area contributed by atoms with Crippen molar-refractivity contribution in [3.05, 3.63) is 35.4 Å². The van der Waals surface area contributed by atoms with Crippen LogP contribution in [0.15, 0.2) is 24.3 Å². The molecule has 0 saturated carbocycles. The first-order valence-corrected chi connectivity index (χ1v) is 8.44. The molecule has 0 atom stereocenters. The molecule has 1 aliphatic rings. The molecule has 1 fully saturated rings. The fourth-order valence-corrected chi connectivity index (χ4v) is 2.97. The zero-order valence-electron chi connectivity index (χ0n) is 14.8. The van der Waals surface area contributed by atoms with Crippen molar-refractivity contribution < 1.29 is 9.63 Å². The molecular weight excluding hydrogens is 302 g/mol. The fourth-order valence-electron chi connectivity index (χ4n) is 2.97. The predicted octanol–water partition coefficient (Wildman–Crippen LogP) is 2.90. The van der Waals surface area contributed by atoms with E-state index in [0.717, 1.165) is 18.4 Å². The van der Waals surface area contributed by atoms with Crippen molar-refractivity contribution in [2.24, 2.45) is 11.1 Å². The molecule has 2 N–H and O–H groups in total. The molecule has 5 heteroatoms. The molecule has 24 heavy (non-hydrogen) atoms. The van der Waals surface area contributed by atoms with E-state index in [9.17, 15) is 10.1 Å². The lowest BCUT2D eigenvalue weighted by molar-refractivity contribution is -0.207. The maximum atomic E-state index is 12.0. The zero-order valence-corrected chi connectivity index (χ0v) is 14.8. The SMILES string of the molecule is CC(C)(C)C(=O)ON1CCC(CC#N)(c2ccc(CN)cc2)CC1. The summed E-state index contributed by atoms with van der Waals surface area (Å²) in [6.45, 7) is 7.33. The standard InChI is InChI=1S/C19H27N3O2/c1-18(2,3)17(23)24-22-12-9-19(8-11-20,10-13-22)16-6-4-15(14-21)5-7-16/h4-7H,8-10,12-14,21H2,1-3H3. The van der Waals surface area contributed by atoms with Crippen LogP contribution in [0.1, 0.15) is 51.2 Å². The van der Waals surface area contributed by atoms with Gasteiger partial charge in [-0.1, -0.05) is 24.3 Å². The summed E-state index contributed by atoms with van der Waals surface area (Å²) in [5.74, 6) is -0.220. The van der Waals surface area contributed by atoms with Gasteiger partial charge in [-0.15, -0.1) is 5.06 Å². The largest absolute Gasteiger partial charge is 0.367 e. The van der Waals surface area contributed by atoms with Gasteiger partial charge in [0.05, 0.1) is 11.5 Å². The highest BCUT2D eigenvalue weighted by Crippen LogP contribution is 2.38. The highest BCUT2D eigenvalue weighted by molar-refractivity contribution is 5.75. The molecule has 1 aliphatic heterocycles. The average molecular weight is 329 g/mol. The Morgan fingerprint density at radius 3 is 2.33 bits per heavy atom. The number of piperidine rings is 1. The molecule has 0 aromatic heterocycles. The van der Waals surface area contributed by atoms with Gasteiger partial charge in [0.2, 0.25) is 0 Å². The van der Waals surface area contributed by atoms with Gasteiger partial charge in [-0.3, -0.25) is 0 Å². The van der Waals surface area contributed by atoms with Crippen molar-refractivity contribution in [2.75, 3.05) is 13.1 Å². The Morgan fingerprint density at radius 2 is 1.88 bits per heavy atom. The van der Waals surface area contributed by atoms with Crippen LogP contribution in [0.25, 0.3) is 0 Å². The maximum absolute atomic E-state index is 12.0. The summed E-state index contributed by atoms with van der Waals surface area (Å²) in [4.78, 5) is 17.5. The summed E-state index contributed by atoms with van der Waals surface area (Å²) >= 11 is 0. The molecule has 1 aromatic rings. The molecule has 0 radical (unpaired) electrons. The molecule has 130 valence electrons. The van der Waals surface area contributed by atoms with E-state index < -0.39 is 5.41 Å². The summed E-state index contributed by atoms with van der Waals surface area (Å²) in [5.41, 5.74) is 7.23. The number of nitrogens with zero attached hydrogens (tertiary/aromatic N) is 2. The van der Waals surface area contributed by atoms with Gasteiger partial charge in [0, 0.05) is 31.5 Å². The number of hydrogen-bond acceptors (Lipinski definition) is 5. The third-order valence-electron chi connectivity index (χ3n) is 4.72. The van der Waals surface area contributed by atoms with Crippen LogP contribution in [0.5, 0.6) is 0 Å². The molecule has 0 spiro atoms. The monoisotopic (exact) mass is 329 g/mol. The molecule has 1 heterocycles. The van der Waals surface area contributed by atoms with Crippen LogP contribution >= 0.6 is 0 Å². The molecule has 5 nitrogen and oxygen atoms in total. The summed E-state index contributed by atoms with van der Waals surface area (Å²) in [5, 5.41) is 11.0. The normalized spacial score (nSPS) is 18.0. The van der Waals surface area contributed by atoms with E-state index in [1.54, 1.807) is 5.06 Å². The van der Waals surface area contributed by atoms with Gasteiger partial charge in [-0.05, 0) is 44.7 Å². The van der Waals surface area contributed by atoms with Crippen molar-refractivity contribution in [1.82, 2.24) is 5.06 Å². The summed E-state index contributed by atoms with van der Waals surface area (Å²) < 4.78 is 0. The van der Waals surface area contributed by atoms with Gasteiger partial charge in [0.15, 0.2) is 0 Å². The minimum absolute atomic E-state index is 0.174. The molecule has 0 amide bonds. The molecule has 1 aromatic carbocycles. The van der Waals surface area contributed by atoms with Crippen molar-refractivity contribution in [1.29, 1.82) is 5.26 Å². The molecule has 0 bridgehead atoms. The highest BCUT2D eigenvalue weighted by Gasteiger charge is 2.38. The van der Waals surface area contributed by atoms with Gasteiger partial charge in [-0.2, -0.15) is 5.26 Å². The van der Waals surface area contributed by atoms with E-state index in [2.05, 4.69) is 18.2 Å². The van der Waals surface area contributed by atoms with Crippen molar-refractivity contribution in [3.8, 4) is 6.07 Å². The number of nitriles is 1. The van der Waals surface area contributed by atoms with E-state index in [4.69, 9.17) is 10.6 Å². The lowest BCUT2D eigenvalue weighted by atomic mass is 9.71. The quantitative estimate of drug-likeness (QED) is 0.919. The second-order valence-corrected chi connectivity index (χ2v) is 7.57. The van der Waals surface area contributed by atoms with Crippen LogP contribution in [0.3, 0.4) is 0 Å². The van der Waals surface area contributed by atoms with Crippen LogP contribution in [0.4, 0.5) is 0 Å². The summed E-state index contributed by atoms with van der Waals surface area (Å²) in [7, 11) is 0. The molecule has 0 aliphatic carbocycles. The first kappa shape index (κ1) is 18.4. The number of hydrogen-bond donors (Lipinski definition) is 1. The zero-order chi connectivity index (χ0) is 17.8. The Kier molecular flexibility index (Phi) is 5.63.